The van der Waals surface area contributed by atoms with Crippen molar-refractivity contribution in [2.45, 2.75) is 71.4 Å². The Bertz CT molecular complexity index is 443. The van der Waals surface area contributed by atoms with Crippen molar-refractivity contribution >= 4 is 11.3 Å². The lowest BCUT2D eigenvalue weighted by Gasteiger charge is -2.05. The molecule has 2 aliphatic carbocycles. The molecule has 0 saturated heterocycles. The van der Waals surface area contributed by atoms with Crippen LogP contribution in [-0.2, 0) is 6.54 Å². The highest BCUT2D eigenvalue weighted by atomic mass is 32.1. The van der Waals surface area contributed by atoms with Crippen molar-refractivity contribution in [1.82, 2.24) is 10.3 Å². The van der Waals surface area contributed by atoms with Gasteiger partial charge in [-0.15, -0.1) is 11.3 Å². The first kappa shape index (κ1) is 12.6. The van der Waals surface area contributed by atoms with E-state index in [1.165, 1.54) is 34.8 Å². The molecule has 1 atom stereocenters. The van der Waals surface area contributed by atoms with Crippen molar-refractivity contribution < 1.29 is 0 Å². The second kappa shape index (κ2) is 4.31. The van der Waals surface area contributed by atoms with Crippen LogP contribution in [0.3, 0.4) is 0 Å². The summed E-state index contributed by atoms with van der Waals surface area (Å²) in [5.41, 5.74) is 1.83. The molecule has 18 heavy (non-hydrogen) atoms. The number of thiazole rings is 1. The quantitative estimate of drug-likeness (QED) is 0.868. The lowest BCUT2D eigenvalue weighted by Crippen LogP contribution is -2.15. The summed E-state index contributed by atoms with van der Waals surface area (Å²) in [6.45, 7) is 10.3. The highest BCUT2D eigenvalue weighted by molar-refractivity contribution is 7.11. The third-order valence-electron chi connectivity index (χ3n) is 4.23. The monoisotopic (exact) mass is 264 g/mol. The molecule has 3 heteroatoms. The van der Waals surface area contributed by atoms with Crippen LogP contribution in [0.5, 0.6) is 0 Å². The maximum atomic E-state index is 4.94. The minimum absolute atomic E-state index is 0.493. The third-order valence-corrected chi connectivity index (χ3v) is 5.42. The molecule has 0 spiro atoms. The van der Waals surface area contributed by atoms with Gasteiger partial charge in [-0.25, -0.2) is 4.98 Å². The molecular weight excluding hydrogens is 240 g/mol. The van der Waals surface area contributed by atoms with E-state index in [0.717, 1.165) is 18.5 Å². The summed E-state index contributed by atoms with van der Waals surface area (Å²) >= 11 is 1.96. The summed E-state index contributed by atoms with van der Waals surface area (Å²) < 4.78 is 0. The second-order valence-electron chi connectivity index (χ2n) is 6.92. The van der Waals surface area contributed by atoms with Crippen molar-refractivity contribution in [3.05, 3.63) is 15.6 Å². The van der Waals surface area contributed by atoms with E-state index < -0.39 is 0 Å². The first-order valence-electron chi connectivity index (χ1n) is 7.20. The van der Waals surface area contributed by atoms with Gasteiger partial charge >= 0.3 is 0 Å². The van der Waals surface area contributed by atoms with Crippen LogP contribution in [0.25, 0.3) is 0 Å². The van der Waals surface area contributed by atoms with Crippen LogP contribution in [0, 0.1) is 5.41 Å². The second-order valence-corrected chi connectivity index (χ2v) is 8.03. The van der Waals surface area contributed by atoms with Gasteiger partial charge in [0.2, 0.25) is 0 Å². The van der Waals surface area contributed by atoms with Gasteiger partial charge in [0.1, 0.15) is 0 Å². The number of nitrogens with one attached hydrogen (secondary N) is 1. The van der Waals surface area contributed by atoms with Gasteiger partial charge in [-0.2, -0.15) is 0 Å². The Kier molecular flexibility index (Phi) is 3.02. The lowest BCUT2D eigenvalue weighted by molar-refractivity contribution is 0.618. The van der Waals surface area contributed by atoms with Gasteiger partial charge in [0.05, 0.1) is 10.7 Å². The Labute approximate surface area is 114 Å². The predicted octanol–water partition coefficient (Wildman–Crippen LogP) is 4.03. The van der Waals surface area contributed by atoms with E-state index in [9.17, 15) is 0 Å². The van der Waals surface area contributed by atoms with Crippen LogP contribution in [0.15, 0.2) is 0 Å². The number of nitrogens with zero attached hydrogens (tertiary/aromatic N) is 1. The molecule has 1 heterocycles. The van der Waals surface area contributed by atoms with Gasteiger partial charge in [-0.3, -0.25) is 0 Å². The van der Waals surface area contributed by atoms with Gasteiger partial charge < -0.3 is 5.32 Å². The summed E-state index contributed by atoms with van der Waals surface area (Å²) in [6, 6.07) is 0.785. The molecule has 0 radical (unpaired) electrons. The molecule has 1 N–H and O–H groups in total. The van der Waals surface area contributed by atoms with Crippen molar-refractivity contribution in [3.8, 4) is 0 Å². The van der Waals surface area contributed by atoms with E-state index in [-0.39, 0.29) is 0 Å². The Morgan fingerprint density at radius 1 is 1.39 bits per heavy atom. The SMILES string of the molecule is CC(C)c1nc(C2CC2(C)C)sc1CNC1CC1. The van der Waals surface area contributed by atoms with Crippen LogP contribution in [0.4, 0.5) is 0 Å². The van der Waals surface area contributed by atoms with E-state index in [1.54, 1.807) is 0 Å². The van der Waals surface area contributed by atoms with Crippen molar-refractivity contribution in [3.63, 3.8) is 0 Å². The van der Waals surface area contributed by atoms with Crippen LogP contribution in [0.1, 0.15) is 74.4 Å². The van der Waals surface area contributed by atoms with Crippen LogP contribution in [-0.4, -0.2) is 11.0 Å². The topological polar surface area (TPSA) is 24.9 Å². The minimum Gasteiger partial charge on any atom is -0.309 e. The molecule has 2 nitrogen and oxygen atoms in total. The standard InChI is InChI=1S/C15H24N2S/c1-9(2)13-12(8-16-10-5-6-10)18-14(17-13)11-7-15(11,3)4/h9-11,16H,5-8H2,1-4H3. The van der Waals surface area contributed by atoms with Crippen molar-refractivity contribution in [2.24, 2.45) is 5.41 Å². The zero-order valence-electron chi connectivity index (χ0n) is 11.9. The molecule has 1 unspecified atom stereocenters. The molecule has 1 aromatic heterocycles. The van der Waals surface area contributed by atoms with E-state index in [4.69, 9.17) is 4.98 Å². The molecule has 0 amide bonds. The third kappa shape index (κ3) is 2.48. The maximum absolute atomic E-state index is 4.94. The number of hydrogen-bond acceptors (Lipinski definition) is 3. The Morgan fingerprint density at radius 2 is 2.06 bits per heavy atom. The molecule has 0 aromatic carbocycles. The lowest BCUT2D eigenvalue weighted by atomic mass is 10.1. The molecule has 0 bridgehead atoms. The maximum Gasteiger partial charge on any atom is 0.0968 e. The fourth-order valence-corrected chi connectivity index (χ4v) is 4.00. The molecule has 2 fully saturated rings. The fraction of sp³-hybridized carbons (Fsp3) is 0.800. The normalized spacial score (nSPS) is 25.7. The van der Waals surface area contributed by atoms with Crippen LogP contribution >= 0.6 is 11.3 Å². The molecule has 2 aliphatic rings. The van der Waals surface area contributed by atoms with Crippen LogP contribution < -0.4 is 5.32 Å². The Hall–Kier alpha value is -0.410. The fourth-order valence-electron chi connectivity index (χ4n) is 2.52. The van der Waals surface area contributed by atoms with Gasteiger partial charge in [0, 0.05) is 23.4 Å². The zero-order chi connectivity index (χ0) is 12.9. The van der Waals surface area contributed by atoms with Crippen molar-refractivity contribution in [2.75, 3.05) is 0 Å². The predicted molar refractivity (Wildman–Crippen MR) is 77.2 cm³/mol. The molecule has 0 aliphatic heterocycles. The largest absolute Gasteiger partial charge is 0.309 e. The van der Waals surface area contributed by atoms with Gasteiger partial charge in [0.15, 0.2) is 0 Å². The van der Waals surface area contributed by atoms with E-state index in [0.29, 0.717) is 11.3 Å². The molecule has 1 aromatic rings. The minimum atomic E-state index is 0.493. The number of rotatable bonds is 5. The first-order chi connectivity index (χ1) is 8.47. The van der Waals surface area contributed by atoms with Crippen molar-refractivity contribution in [1.29, 1.82) is 0 Å². The van der Waals surface area contributed by atoms with E-state index >= 15 is 0 Å². The summed E-state index contributed by atoms with van der Waals surface area (Å²) in [5, 5.41) is 5.02. The van der Waals surface area contributed by atoms with E-state index in [1.807, 2.05) is 11.3 Å². The number of aromatic nitrogens is 1. The zero-order valence-corrected chi connectivity index (χ0v) is 12.7. The first-order valence-corrected chi connectivity index (χ1v) is 8.02. The van der Waals surface area contributed by atoms with Gasteiger partial charge in [-0.1, -0.05) is 27.7 Å². The molecule has 3 rings (SSSR count). The van der Waals surface area contributed by atoms with E-state index in [2.05, 4.69) is 33.0 Å². The van der Waals surface area contributed by atoms with Gasteiger partial charge in [-0.05, 0) is 30.6 Å². The number of hydrogen-bond donors (Lipinski definition) is 1. The average Bonchev–Trinajstić information content (AvgIpc) is 3.16. The Balaban J connectivity index is 1.77. The highest BCUT2D eigenvalue weighted by Gasteiger charge is 2.48. The molecule has 100 valence electrons. The summed E-state index contributed by atoms with van der Waals surface area (Å²) in [7, 11) is 0. The summed E-state index contributed by atoms with van der Waals surface area (Å²) in [6.07, 6.45) is 4.03. The summed E-state index contributed by atoms with van der Waals surface area (Å²) in [5.74, 6) is 1.27. The summed E-state index contributed by atoms with van der Waals surface area (Å²) in [4.78, 5) is 6.43. The van der Waals surface area contributed by atoms with Crippen LogP contribution in [0.2, 0.25) is 0 Å². The average molecular weight is 264 g/mol. The Morgan fingerprint density at radius 3 is 2.56 bits per heavy atom. The molecule has 2 saturated carbocycles. The molecular formula is C15H24N2S. The van der Waals surface area contributed by atoms with Gasteiger partial charge in [0.25, 0.3) is 0 Å². The highest BCUT2D eigenvalue weighted by Crippen LogP contribution is 2.59. The smallest absolute Gasteiger partial charge is 0.0968 e.